The zero-order valence-electron chi connectivity index (χ0n) is 16.0. The maximum Gasteiger partial charge on any atom is 0.416 e. The molecule has 0 aliphatic carbocycles. The van der Waals surface area contributed by atoms with Crippen molar-refractivity contribution < 1.29 is 18.0 Å². The van der Waals surface area contributed by atoms with Gasteiger partial charge in [0.2, 0.25) is 17.7 Å². The molecule has 1 atom stereocenters. The van der Waals surface area contributed by atoms with Gasteiger partial charge in [-0.15, -0.1) is 5.10 Å². The van der Waals surface area contributed by atoms with Crippen molar-refractivity contribution in [1.82, 2.24) is 29.9 Å². The zero-order valence-corrected chi connectivity index (χ0v) is 16.0. The molecule has 1 amide bonds. The van der Waals surface area contributed by atoms with Crippen molar-refractivity contribution in [1.29, 1.82) is 0 Å². The summed E-state index contributed by atoms with van der Waals surface area (Å²) in [5, 5.41) is 10.9. The first-order valence-corrected chi connectivity index (χ1v) is 9.63. The molecule has 1 fully saturated rings. The molecule has 0 radical (unpaired) electrons. The molecule has 158 valence electrons. The third-order valence-electron chi connectivity index (χ3n) is 5.08. The SMILES string of the molecule is O=C1NCCC[C@H]1Nc1nc2ccccc2c2nc(-c3cc(C(F)(F)F)ccn3)nn12. The Balaban J connectivity index is 1.66. The van der Waals surface area contributed by atoms with Gasteiger partial charge >= 0.3 is 6.18 Å². The molecular formula is C20H16F3N7O. The number of anilines is 1. The van der Waals surface area contributed by atoms with Gasteiger partial charge in [-0.1, -0.05) is 12.1 Å². The molecule has 1 saturated heterocycles. The number of amides is 1. The molecule has 1 aliphatic heterocycles. The van der Waals surface area contributed by atoms with Gasteiger partial charge in [-0.25, -0.2) is 9.97 Å². The number of rotatable bonds is 3. The highest BCUT2D eigenvalue weighted by molar-refractivity contribution is 5.93. The number of piperidine rings is 1. The van der Waals surface area contributed by atoms with Crippen LogP contribution in [0.25, 0.3) is 28.1 Å². The lowest BCUT2D eigenvalue weighted by atomic mass is 10.1. The predicted octanol–water partition coefficient (Wildman–Crippen LogP) is 3.05. The minimum atomic E-state index is -4.51. The average molecular weight is 427 g/mol. The molecule has 1 aliphatic rings. The van der Waals surface area contributed by atoms with E-state index in [0.29, 0.717) is 29.5 Å². The van der Waals surface area contributed by atoms with Crippen LogP contribution in [0.3, 0.4) is 0 Å². The molecule has 3 aromatic heterocycles. The molecule has 4 heterocycles. The number of aromatic nitrogens is 5. The first-order chi connectivity index (χ1) is 14.9. The summed E-state index contributed by atoms with van der Waals surface area (Å²) in [6.45, 7) is 0.617. The molecule has 11 heteroatoms. The number of halogens is 3. The van der Waals surface area contributed by atoms with Crippen LogP contribution < -0.4 is 10.6 Å². The van der Waals surface area contributed by atoms with Crippen LogP contribution in [0, 0.1) is 0 Å². The number of hydrogen-bond acceptors (Lipinski definition) is 6. The number of para-hydroxylation sites is 1. The van der Waals surface area contributed by atoms with Crippen LogP contribution in [0.15, 0.2) is 42.6 Å². The smallest absolute Gasteiger partial charge is 0.354 e. The number of fused-ring (bicyclic) bond motifs is 3. The first-order valence-electron chi connectivity index (χ1n) is 9.63. The molecule has 0 unspecified atom stereocenters. The van der Waals surface area contributed by atoms with Crippen LogP contribution in [0.5, 0.6) is 0 Å². The van der Waals surface area contributed by atoms with Gasteiger partial charge < -0.3 is 10.6 Å². The van der Waals surface area contributed by atoms with Gasteiger partial charge in [-0.05, 0) is 37.1 Å². The Bertz CT molecular complexity index is 1300. The van der Waals surface area contributed by atoms with Gasteiger partial charge in [0.25, 0.3) is 0 Å². The highest BCUT2D eigenvalue weighted by Gasteiger charge is 2.31. The normalized spacial score (nSPS) is 17.1. The van der Waals surface area contributed by atoms with E-state index in [1.165, 1.54) is 4.52 Å². The van der Waals surface area contributed by atoms with E-state index in [1.807, 2.05) is 12.1 Å². The summed E-state index contributed by atoms with van der Waals surface area (Å²) in [6.07, 6.45) is -1.99. The van der Waals surface area contributed by atoms with E-state index in [-0.39, 0.29) is 23.4 Å². The highest BCUT2D eigenvalue weighted by atomic mass is 19.4. The number of pyridine rings is 1. The van der Waals surface area contributed by atoms with Crippen molar-refractivity contribution in [2.75, 3.05) is 11.9 Å². The summed E-state index contributed by atoms with van der Waals surface area (Å²) in [7, 11) is 0. The van der Waals surface area contributed by atoms with Gasteiger partial charge in [-0.3, -0.25) is 9.78 Å². The molecule has 0 spiro atoms. The summed E-state index contributed by atoms with van der Waals surface area (Å²) >= 11 is 0. The van der Waals surface area contributed by atoms with Crippen LogP contribution in [0.2, 0.25) is 0 Å². The monoisotopic (exact) mass is 427 g/mol. The Labute approximate surface area is 173 Å². The molecule has 4 aromatic rings. The topological polar surface area (TPSA) is 97.1 Å². The molecule has 0 saturated carbocycles. The fourth-order valence-electron chi connectivity index (χ4n) is 3.55. The van der Waals surface area contributed by atoms with Crippen LogP contribution in [-0.4, -0.2) is 43.1 Å². The molecule has 2 N–H and O–H groups in total. The summed E-state index contributed by atoms with van der Waals surface area (Å²) in [5.41, 5.74) is 0.170. The molecule has 0 bridgehead atoms. The molecule has 31 heavy (non-hydrogen) atoms. The average Bonchev–Trinajstić information content (AvgIpc) is 3.21. The number of hydrogen-bond donors (Lipinski definition) is 2. The Hall–Kier alpha value is -3.76. The third-order valence-corrected chi connectivity index (χ3v) is 5.08. The summed E-state index contributed by atoms with van der Waals surface area (Å²) < 4.78 is 40.8. The molecule has 1 aromatic carbocycles. The lowest BCUT2D eigenvalue weighted by molar-refractivity contribution is -0.137. The van der Waals surface area contributed by atoms with Crippen molar-refractivity contribution in [2.45, 2.75) is 25.1 Å². The minimum absolute atomic E-state index is 0.0102. The molecule has 5 rings (SSSR count). The highest BCUT2D eigenvalue weighted by Crippen LogP contribution is 2.31. The van der Waals surface area contributed by atoms with E-state index in [0.717, 1.165) is 24.8 Å². The number of alkyl halides is 3. The van der Waals surface area contributed by atoms with Crippen molar-refractivity contribution in [3.05, 3.63) is 48.2 Å². The van der Waals surface area contributed by atoms with E-state index in [1.54, 1.807) is 12.1 Å². The largest absolute Gasteiger partial charge is 0.416 e. The van der Waals surface area contributed by atoms with Crippen LogP contribution in [0.4, 0.5) is 19.1 Å². The van der Waals surface area contributed by atoms with Gasteiger partial charge in [0.15, 0.2) is 5.65 Å². The summed E-state index contributed by atoms with van der Waals surface area (Å²) in [4.78, 5) is 25.2. The summed E-state index contributed by atoms with van der Waals surface area (Å²) in [6, 6.07) is 8.52. The first kappa shape index (κ1) is 19.2. The van der Waals surface area contributed by atoms with Crippen molar-refractivity contribution in [3.8, 4) is 11.5 Å². The summed E-state index contributed by atoms with van der Waals surface area (Å²) in [5.74, 6) is 0.163. The second kappa shape index (κ2) is 7.18. The Morgan fingerprint density at radius 2 is 2.00 bits per heavy atom. The van der Waals surface area contributed by atoms with E-state index in [2.05, 4.69) is 30.7 Å². The van der Waals surface area contributed by atoms with Crippen LogP contribution in [0.1, 0.15) is 18.4 Å². The fourth-order valence-corrected chi connectivity index (χ4v) is 3.55. The van der Waals surface area contributed by atoms with E-state index < -0.39 is 17.8 Å². The number of nitrogens with one attached hydrogen (secondary N) is 2. The van der Waals surface area contributed by atoms with E-state index in [4.69, 9.17) is 0 Å². The Morgan fingerprint density at radius 3 is 2.81 bits per heavy atom. The Kier molecular flexibility index (Phi) is 4.45. The van der Waals surface area contributed by atoms with Gasteiger partial charge in [0.05, 0.1) is 11.1 Å². The maximum atomic E-state index is 13.1. The standard InChI is InChI=1S/C20H16F3N7O/c21-20(22,23)11-7-9-24-15(10-11)16-28-17-12-4-1-2-5-13(12)26-19(30(17)29-16)27-14-6-3-8-25-18(14)31/h1-2,4-5,7,9-10,14H,3,6,8H2,(H,25,31)(H,26,27)/t14-/m1/s1. The van der Waals surface area contributed by atoms with Gasteiger partial charge in [-0.2, -0.15) is 17.7 Å². The van der Waals surface area contributed by atoms with Crippen LogP contribution in [-0.2, 0) is 11.0 Å². The van der Waals surface area contributed by atoms with Crippen molar-refractivity contribution >= 4 is 28.4 Å². The number of carbonyl (C=O) groups is 1. The molecular weight excluding hydrogens is 411 g/mol. The molecule has 8 nitrogen and oxygen atoms in total. The van der Waals surface area contributed by atoms with Crippen LogP contribution >= 0.6 is 0 Å². The predicted molar refractivity (Wildman–Crippen MR) is 106 cm³/mol. The minimum Gasteiger partial charge on any atom is -0.354 e. The quantitative estimate of drug-likeness (QED) is 0.522. The zero-order chi connectivity index (χ0) is 21.6. The van der Waals surface area contributed by atoms with E-state index in [9.17, 15) is 18.0 Å². The lowest BCUT2D eigenvalue weighted by Crippen LogP contribution is -2.44. The third kappa shape index (κ3) is 3.51. The fraction of sp³-hybridized carbons (Fsp3) is 0.250. The lowest BCUT2D eigenvalue weighted by Gasteiger charge is -2.23. The van der Waals surface area contributed by atoms with Crippen molar-refractivity contribution in [3.63, 3.8) is 0 Å². The van der Waals surface area contributed by atoms with Crippen molar-refractivity contribution in [2.24, 2.45) is 0 Å². The van der Waals surface area contributed by atoms with Gasteiger partial charge in [0.1, 0.15) is 11.7 Å². The number of nitrogens with zero attached hydrogens (tertiary/aromatic N) is 5. The maximum absolute atomic E-state index is 13.1. The van der Waals surface area contributed by atoms with Gasteiger partial charge in [0, 0.05) is 18.1 Å². The number of carbonyl (C=O) groups excluding carboxylic acids is 1. The Morgan fingerprint density at radius 1 is 1.16 bits per heavy atom. The second-order valence-corrected chi connectivity index (χ2v) is 7.18. The van der Waals surface area contributed by atoms with E-state index >= 15 is 0 Å². The second-order valence-electron chi connectivity index (χ2n) is 7.18. The number of benzene rings is 1.